The van der Waals surface area contributed by atoms with Crippen LogP contribution in [0, 0.1) is 12.8 Å². The number of aliphatic imine (C=N–C) groups is 1. The van der Waals surface area contributed by atoms with Gasteiger partial charge in [-0.3, -0.25) is 9.67 Å². The summed E-state index contributed by atoms with van der Waals surface area (Å²) in [5, 5.41) is 7.74. The van der Waals surface area contributed by atoms with Crippen molar-refractivity contribution < 1.29 is 4.74 Å². The van der Waals surface area contributed by atoms with Crippen molar-refractivity contribution in [2.24, 2.45) is 10.9 Å². The topological polar surface area (TPSA) is 54.7 Å². The molecule has 0 bridgehead atoms. The van der Waals surface area contributed by atoms with E-state index in [-0.39, 0.29) is 30.1 Å². The molecule has 7 heteroatoms. The van der Waals surface area contributed by atoms with Crippen LogP contribution in [-0.4, -0.2) is 53.4 Å². The van der Waals surface area contributed by atoms with E-state index in [2.05, 4.69) is 60.4 Å². The lowest BCUT2D eigenvalue weighted by Gasteiger charge is -2.36. The molecule has 0 saturated carbocycles. The van der Waals surface area contributed by atoms with Gasteiger partial charge in [0.05, 0.1) is 13.2 Å². The summed E-state index contributed by atoms with van der Waals surface area (Å²) in [5.74, 6) is 1.40. The van der Waals surface area contributed by atoms with Crippen LogP contribution in [0.1, 0.15) is 31.1 Å². The first-order valence-electron chi connectivity index (χ1n) is 9.85. The highest BCUT2D eigenvalue weighted by molar-refractivity contribution is 14.0. The molecule has 154 valence electrons. The number of morpholine rings is 1. The molecular weight excluding hydrogens is 465 g/mol. The molecule has 1 aromatic heterocycles. The highest BCUT2D eigenvalue weighted by atomic mass is 127. The zero-order valence-corrected chi connectivity index (χ0v) is 19.4. The Bertz CT molecular complexity index is 734. The summed E-state index contributed by atoms with van der Waals surface area (Å²) in [6, 6.07) is 10.4. The summed E-state index contributed by atoms with van der Waals surface area (Å²) in [4.78, 5) is 7.23. The maximum atomic E-state index is 6.06. The smallest absolute Gasteiger partial charge is 0.194 e. The normalized spacial score (nSPS) is 18.5. The number of nitrogens with zero attached hydrogens (tertiary/aromatic N) is 4. The minimum absolute atomic E-state index is 0. The molecule has 0 aliphatic carbocycles. The summed E-state index contributed by atoms with van der Waals surface area (Å²) >= 11 is 0. The molecule has 2 heterocycles. The van der Waals surface area contributed by atoms with E-state index in [1.54, 1.807) is 0 Å². The maximum Gasteiger partial charge on any atom is 0.194 e. The molecule has 1 aliphatic rings. The fourth-order valence-electron chi connectivity index (χ4n) is 3.43. The highest BCUT2D eigenvalue weighted by Gasteiger charge is 2.25. The van der Waals surface area contributed by atoms with E-state index in [4.69, 9.17) is 9.73 Å². The van der Waals surface area contributed by atoms with Crippen molar-refractivity contribution in [3.8, 4) is 0 Å². The summed E-state index contributed by atoms with van der Waals surface area (Å²) < 4.78 is 8.03. The van der Waals surface area contributed by atoms with Gasteiger partial charge in [0.2, 0.25) is 0 Å². The molecule has 1 fully saturated rings. The van der Waals surface area contributed by atoms with Crippen molar-refractivity contribution in [1.82, 2.24) is 20.0 Å². The van der Waals surface area contributed by atoms with E-state index in [1.807, 2.05) is 23.1 Å². The first-order valence-corrected chi connectivity index (χ1v) is 9.85. The maximum absolute atomic E-state index is 6.06. The van der Waals surface area contributed by atoms with Gasteiger partial charge in [-0.2, -0.15) is 5.10 Å². The number of aromatic nitrogens is 2. The Hall–Kier alpha value is -1.61. The Morgan fingerprint density at radius 3 is 2.89 bits per heavy atom. The van der Waals surface area contributed by atoms with E-state index in [9.17, 15) is 0 Å². The van der Waals surface area contributed by atoms with Crippen LogP contribution < -0.4 is 5.32 Å². The van der Waals surface area contributed by atoms with Crippen molar-refractivity contribution in [1.29, 1.82) is 0 Å². The van der Waals surface area contributed by atoms with Gasteiger partial charge in [0.25, 0.3) is 0 Å². The molecule has 2 unspecified atom stereocenters. The molecule has 1 saturated heterocycles. The first kappa shape index (κ1) is 22.7. The quantitative estimate of drug-likeness (QED) is 0.377. The second-order valence-corrected chi connectivity index (χ2v) is 7.19. The van der Waals surface area contributed by atoms with Crippen LogP contribution in [0.15, 0.2) is 47.7 Å². The van der Waals surface area contributed by atoms with Crippen molar-refractivity contribution in [2.45, 2.75) is 33.4 Å². The van der Waals surface area contributed by atoms with Crippen molar-refractivity contribution in [2.75, 3.05) is 32.8 Å². The minimum Gasteiger partial charge on any atom is -0.370 e. The molecule has 6 nitrogen and oxygen atoms in total. The molecule has 0 amide bonds. The van der Waals surface area contributed by atoms with E-state index in [0.717, 1.165) is 38.7 Å². The van der Waals surface area contributed by atoms with Crippen molar-refractivity contribution in [3.05, 3.63) is 53.9 Å². The molecule has 3 rings (SSSR count). The summed E-state index contributed by atoms with van der Waals surface area (Å²) in [7, 11) is 0. The van der Waals surface area contributed by atoms with Crippen molar-refractivity contribution in [3.63, 3.8) is 0 Å². The Balaban J connectivity index is 0.00000280. The standard InChI is InChI=1S/C21H31N5O.HI/c1-4-22-21(23-14-17(2)15-26-11-7-10-24-26)25-12-13-27-20(16-25)19-9-6-5-8-18(19)3;/h5-11,17,20H,4,12-16H2,1-3H3,(H,22,23);1H. The zero-order valence-electron chi connectivity index (χ0n) is 17.0. The van der Waals surface area contributed by atoms with Crippen LogP contribution in [0.3, 0.4) is 0 Å². The number of hydrogen-bond donors (Lipinski definition) is 1. The van der Waals surface area contributed by atoms with E-state index >= 15 is 0 Å². The SMILES string of the molecule is CCNC(=NCC(C)Cn1cccn1)N1CCOC(c2ccccc2C)C1.I. The second-order valence-electron chi connectivity index (χ2n) is 7.19. The van der Waals surface area contributed by atoms with E-state index in [1.165, 1.54) is 11.1 Å². The van der Waals surface area contributed by atoms with Crippen LogP contribution in [0.5, 0.6) is 0 Å². The lowest BCUT2D eigenvalue weighted by Crippen LogP contribution is -2.48. The molecule has 1 aromatic carbocycles. The van der Waals surface area contributed by atoms with Gasteiger partial charge < -0.3 is 15.0 Å². The summed E-state index contributed by atoms with van der Waals surface area (Å²) in [6.07, 6.45) is 3.91. The fourth-order valence-corrected chi connectivity index (χ4v) is 3.43. The fraction of sp³-hybridized carbons (Fsp3) is 0.524. The minimum atomic E-state index is 0. The van der Waals surface area contributed by atoms with Gasteiger partial charge in [-0.15, -0.1) is 24.0 Å². The van der Waals surface area contributed by atoms with Gasteiger partial charge >= 0.3 is 0 Å². The van der Waals surface area contributed by atoms with Gasteiger partial charge in [0, 0.05) is 38.6 Å². The molecular formula is C21H32IN5O. The predicted octanol–water partition coefficient (Wildman–Crippen LogP) is 3.48. The third-order valence-electron chi connectivity index (χ3n) is 4.85. The van der Waals surface area contributed by atoms with Gasteiger partial charge in [-0.1, -0.05) is 31.2 Å². The Morgan fingerprint density at radius 1 is 1.36 bits per heavy atom. The van der Waals surface area contributed by atoms with Gasteiger partial charge in [-0.05, 0) is 37.0 Å². The molecule has 28 heavy (non-hydrogen) atoms. The van der Waals surface area contributed by atoms with E-state index in [0.29, 0.717) is 12.5 Å². The Kier molecular flexibility index (Phi) is 9.24. The Labute approximate surface area is 185 Å². The summed E-state index contributed by atoms with van der Waals surface area (Å²) in [5.41, 5.74) is 2.55. The summed E-state index contributed by atoms with van der Waals surface area (Å²) in [6.45, 7) is 11.4. The predicted molar refractivity (Wildman–Crippen MR) is 124 cm³/mol. The van der Waals surface area contributed by atoms with Crippen LogP contribution >= 0.6 is 24.0 Å². The third kappa shape index (κ3) is 6.20. The second kappa shape index (κ2) is 11.4. The lowest BCUT2D eigenvalue weighted by atomic mass is 10.0. The number of benzene rings is 1. The van der Waals surface area contributed by atoms with Gasteiger partial charge in [-0.25, -0.2) is 0 Å². The molecule has 2 atom stereocenters. The number of ether oxygens (including phenoxy) is 1. The van der Waals surface area contributed by atoms with Crippen LogP contribution in [0.4, 0.5) is 0 Å². The number of halogens is 1. The third-order valence-corrected chi connectivity index (χ3v) is 4.85. The molecule has 1 N–H and O–H groups in total. The number of guanidine groups is 1. The molecule has 0 spiro atoms. The van der Waals surface area contributed by atoms with Crippen LogP contribution in [0.25, 0.3) is 0 Å². The monoisotopic (exact) mass is 497 g/mol. The number of hydrogen-bond acceptors (Lipinski definition) is 3. The number of rotatable bonds is 6. The van der Waals surface area contributed by atoms with Crippen LogP contribution in [0.2, 0.25) is 0 Å². The number of aryl methyl sites for hydroxylation is 1. The first-order chi connectivity index (χ1) is 13.2. The van der Waals surface area contributed by atoms with Gasteiger partial charge in [0.1, 0.15) is 6.10 Å². The average molecular weight is 497 g/mol. The lowest BCUT2D eigenvalue weighted by molar-refractivity contribution is -0.00835. The Morgan fingerprint density at radius 2 is 2.18 bits per heavy atom. The molecule has 1 aliphatic heterocycles. The molecule has 2 aromatic rings. The van der Waals surface area contributed by atoms with E-state index < -0.39 is 0 Å². The average Bonchev–Trinajstić information content (AvgIpc) is 3.18. The van der Waals surface area contributed by atoms with Gasteiger partial charge in [0.15, 0.2) is 5.96 Å². The van der Waals surface area contributed by atoms with Crippen LogP contribution in [-0.2, 0) is 11.3 Å². The molecule has 0 radical (unpaired) electrons. The number of nitrogens with one attached hydrogen (secondary N) is 1. The zero-order chi connectivity index (χ0) is 19.1. The highest BCUT2D eigenvalue weighted by Crippen LogP contribution is 2.25. The van der Waals surface area contributed by atoms with Crippen molar-refractivity contribution >= 4 is 29.9 Å². The largest absolute Gasteiger partial charge is 0.370 e.